The third kappa shape index (κ3) is 1.98. The van der Waals surface area contributed by atoms with Gasteiger partial charge in [0.25, 0.3) is 0 Å². The van der Waals surface area contributed by atoms with Crippen LogP contribution in [0.15, 0.2) is 29.8 Å². The zero-order valence-corrected chi connectivity index (χ0v) is 9.24. The topological polar surface area (TPSA) is 20.3 Å². The molecular formula is C13H14FNO. The van der Waals surface area contributed by atoms with Crippen LogP contribution in [0.5, 0.6) is 0 Å². The van der Waals surface area contributed by atoms with Crippen LogP contribution in [-0.2, 0) is 0 Å². The number of halogens is 1. The highest BCUT2D eigenvalue weighted by molar-refractivity contribution is 5.85. The van der Waals surface area contributed by atoms with Crippen molar-refractivity contribution in [2.75, 3.05) is 18.0 Å². The van der Waals surface area contributed by atoms with Gasteiger partial charge in [0.05, 0.1) is 5.69 Å². The first-order chi connectivity index (χ1) is 7.72. The van der Waals surface area contributed by atoms with E-state index in [1.165, 1.54) is 11.6 Å². The SMILES string of the molecule is CC1=CCCN(c2c(F)cccc2C=O)C1. The van der Waals surface area contributed by atoms with E-state index in [9.17, 15) is 9.18 Å². The van der Waals surface area contributed by atoms with Gasteiger partial charge in [0.1, 0.15) is 5.82 Å². The molecule has 0 aliphatic carbocycles. The van der Waals surface area contributed by atoms with Crippen LogP contribution in [0.2, 0.25) is 0 Å². The van der Waals surface area contributed by atoms with Crippen molar-refractivity contribution in [3.63, 3.8) is 0 Å². The lowest BCUT2D eigenvalue weighted by Crippen LogP contribution is -2.30. The first kappa shape index (κ1) is 10.9. The lowest BCUT2D eigenvalue weighted by molar-refractivity contribution is 0.112. The number of hydrogen-bond acceptors (Lipinski definition) is 2. The lowest BCUT2D eigenvalue weighted by Gasteiger charge is -2.29. The summed E-state index contributed by atoms with van der Waals surface area (Å²) in [4.78, 5) is 12.8. The van der Waals surface area contributed by atoms with Gasteiger partial charge in [-0.15, -0.1) is 0 Å². The summed E-state index contributed by atoms with van der Waals surface area (Å²) in [6.45, 7) is 3.48. The molecule has 3 heteroatoms. The van der Waals surface area contributed by atoms with Crippen molar-refractivity contribution in [3.8, 4) is 0 Å². The third-order valence-corrected chi connectivity index (χ3v) is 2.79. The normalized spacial score (nSPS) is 15.9. The molecule has 0 saturated heterocycles. The first-order valence-electron chi connectivity index (χ1n) is 5.36. The monoisotopic (exact) mass is 219 g/mol. The number of carbonyl (C=O) groups excluding carboxylic acids is 1. The summed E-state index contributed by atoms with van der Waals surface area (Å²) in [5, 5.41) is 0. The van der Waals surface area contributed by atoms with Crippen LogP contribution < -0.4 is 4.90 Å². The maximum atomic E-state index is 13.7. The fourth-order valence-electron chi connectivity index (χ4n) is 2.06. The molecule has 2 rings (SSSR count). The molecule has 0 radical (unpaired) electrons. The molecule has 1 heterocycles. The molecule has 0 saturated carbocycles. The second-order valence-electron chi connectivity index (χ2n) is 4.06. The van der Waals surface area contributed by atoms with Crippen LogP contribution in [0.4, 0.5) is 10.1 Å². The second-order valence-corrected chi connectivity index (χ2v) is 4.06. The summed E-state index contributed by atoms with van der Waals surface area (Å²) >= 11 is 0. The molecule has 2 nitrogen and oxygen atoms in total. The molecular weight excluding hydrogens is 205 g/mol. The Balaban J connectivity index is 2.39. The van der Waals surface area contributed by atoms with E-state index in [2.05, 4.69) is 6.08 Å². The van der Waals surface area contributed by atoms with Crippen molar-refractivity contribution in [2.24, 2.45) is 0 Å². The second kappa shape index (κ2) is 4.47. The van der Waals surface area contributed by atoms with Gasteiger partial charge < -0.3 is 4.90 Å². The average molecular weight is 219 g/mol. The smallest absolute Gasteiger partial charge is 0.152 e. The van der Waals surface area contributed by atoms with E-state index in [0.717, 1.165) is 13.0 Å². The summed E-state index contributed by atoms with van der Waals surface area (Å²) in [7, 11) is 0. The molecule has 0 fully saturated rings. The predicted molar refractivity (Wildman–Crippen MR) is 62.4 cm³/mol. The molecule has 0 N–H and O–H groups in total. The van der Waals surface area contributed by atoms with E-state index < -0.39 is 0 Å². The molecule has 0 amide bonds. The largest absolute Gasteiger partial charge is 0.364 e. The van der Waals surface area contributed by atoms with Gasteiger partial charge in [0.2, 0.25) is 0 Å². The van der Waals surface area contributed by atoms with Crippen molar-refractivity contribution in [3.05, 3.63) is 41.2 Å². The Bertz CT molecular complexity index is 440. The number of hydrogen-bond donors (Lipinski definition) is 0. The minimum absolute atomic E-state index is 0.320. The highest BCUT2D eigenvalue weighted by Gasteiger charge is 2.17. The van der Waals surface area contributed by atoms with Crippen molar-refractivity contribution < 1.29 is 9.18 Å². The molecule has 0 spiro atoms. The molecule has 1 aliphatic heterocycles. The van der Waals surface area contributed by atoms with E-state index in [4.69, 9.17) is 0 Å². The average Bonchev–Trinajstić information content (AvgIpc) is 2.28. The summed E-state index contributed by atoms with van der Waals surface area (Å²) in [6.07, 6.45) is 3.77. The molecule has 0 atom stereocenters. The van der Waals surface area contributed by atoms with Crippen LogP contribution in [0, 0.1) is 5.82 Å². The van der Waals surface area contributed by atoms with Crippen LogP contribution in [0.3, 0.4) is 0 Å². The van der Waals surface area contributed by atoms with Gasteiger partial charge in [-0.25, -0.2) is 4.39 Å². The number of benzene rings is 1. The van der Waals surface area contributed by atoms with E-state index in [0.29, 0.717) is 24.1 Å². The maximum Gasteiger partial charge on any atom is 0.152 e. The Kier molecular flexibility index (Phi) is 3.04. The minimum Gasteiger partial charge on any atom is -0.364 e. The summed E-state index contributed by atoms with van der Waals surface area (Å²) < 4.78 is 13.7. The Morgan fingerprint density at radius 1 is 1.44 bits per heavy atom. The van der Waals surface area contributed by atoms with E-state index in [-0.39, 0.29) is 5.82 Å². The van der Waals surface area contributed by atoms with E-state index >= 15 is 0 Å². The fourth-order valence-corrected chi connectivity index (χ4v) is 2.06. The standard InChI is InChI=1S/C13H14FNO/c1-10-4-3-7-15(8-10)13-11(9-16)5-2-6-12(13)14/h2,4-6,9H,3,7-8H2,1H3. The van der Waals surface area contributed by atoms with Crippen LogP contribution >= 0.6 is 0 Å². The van der Waals surface area contributed by atoms with Crippen molar-refractivity contribution >= 4 is 12.0 Å². The Labute approximate surface area is 94.4 Å². The number of aldehydes is 1. The Hall–Kier alpha value is -1.64. The van der Waals surface area contributed by atoms with Crippen molar-refractivity contribution in [1.82, 2.24) is 0 Å². The van der Waals surface area contributed by atoms with E-state index in [1.807, 2.05) is 11.8 Å². The number of para-hydroxylation sites is 1. The Morgan fingerprint density at radius 3 is 2.94 bits per heavy atom. The highest BCUT2D eigenvalue weighted by atomic mass is 19.1. The summed E-state index contributed by atoms with van der Waals surface area (Å²) in [5.41, 5.74) is 2.08. The number of carbonyl (C=O) groups is 1. The van der Waals surface area contributed by atoms with Gasteiger partial charge in [-0.1, -0.05) is 17.7 Å². The van der Waals surface area contributed by atoms with Gasteiger partial charge in [-0.05, 0) is 25.5 Å². The molecule has 16 heavy (non-hydrogen) atoms. The highest BCUT2D eigenvalue weighted by Crippen LogP contribution is 2.26. The van der Waals surface area contributed by atoms with Crippen molar-refractivity contribution in [2.45, 2.75) is 13.3 Å². The lowest BCUT2D eigenvalue weighted by atomic mass is 10.1. The molecule has 84 valence electrons. The first-order valence-corrected chi connectivity index (χ1v) is 5.36. The van der Waals surface area contributed by atoms with Gasteiger partial charge in [-0.2, -0.15) is 0 Å². The predicted octanol–water partition coefficient (Wildman–Crippen LogP) is 2.79. The number of rotatable bonds is 2. The van der Waals surface area contributed by atoms with Crippen molar-refractivity contribution in [1.29, 1.82) is 0 Å². The van der Waals surface area contributed by atoms with Gasteiger partial charge in [0.15, 0.2) is 6.29 Å². The van der Waals surface area contributed by atoms with Crippen LogP contribution in [0.25, 0.3) is 0 Å². The zero-order valence-electron chi connectivity index (χ0n) is 9.24. The zero-order chi connectivity index (χ0) is 11.5. The maximum absolute atomic E-state index is 13.7. The molecule has 1 aromatic carbocycles. The minimum atomic E-state index is -0.320. The molecule has 0 unspecified atom stereocenters. The molecule has 0 bridgehead atoms. The molecule has 1 aromatic rings. The van der Waals surface area contributed by atoms with Crippen LogP contribution in [-0.4, -0.2) is 19.4 Å². The summed E-state index contributed by atoms with van der Waals surface area (Å²) in [5.74, 6) is -0.320. The molecule has 1 aliphatic rings. The van der Waals surface area contributed by atoms with Gasteiger partial charge in [-0.3, -0.25) is 4.79 Å². The number of anilines is 1. The molecule has 0 aromatic heterocycles. The van der Waals surface area contributed by atoms with E-state index in [1.54, 1.807) is 12.1 Å². The number of nitrogens with zero attached hydrogens (tertiary/aromatic N) is 1. The van der Waals surface area contributed by atoms with Gasteiger partial charge in [0, 0.05) is 18.7 Å². The Morgan fingerprint density at radius 2 is 2.25 bits per heavy atom. The third-order valence-electron chi connectivity index (χ3n) is 2.79. The fraction of sp³-hybridized carbons (Fsp3) is 0.308. The van der Waals surface area contributed by atoms with Gasteiger partial charge >= 0.3 is 0 Å². The summed E-state index contributed by atoms with van der Waals surface area (Å²) in [6, 6.07) is 4.62. The quantitative estimate of drug-likeness (QED) is 0.563. The van der Waals surface area contributed by atoms with Crippen LogP contribution in [0.1, 0.15) is 23.7 Å².